The van der Waals surface area contributed by atoms with Crippen LogP contribution in [-0.2, 0) is 9.47 Å². The van der Waals surface area contributed by atoms with Crippen LogP contribution in [0.2, 0.25) is 0 Å². The van der Waals surface area contributed by atoms with Crippen molar-refractivity contribution in [3.8, 4) is 11.7 Å². The maximum absolute atomic E-state index is 14.1. The molecule has 4 heterocycles. The Morgan fingerprint density at radius 3 is 2.33 bits per heavy atom. The summed E-state index contributed by atoms with van der Waals surface area (Å²) in [6.45, 7) is 3.90. The fraction of sp³-hybridized carbons (Fsp3) is 0.500. The Bertz CT molecular complexity index is 1110. The number of imidazole rings is 1. The normalized spacial score (nSPS) is 17.2. The molecule has 0 radical (unpaired) electrons. The number of nitrogens with zero attached hydrogens (tertiary/aromatic N) is 7. The number of fused-ring (bicyclic) bond motifs is 1. The SMILES string of the molecule is COc1cc(Br)cc2c1nc(C(F)F)n2-c1nc(N2CCOCC2)nc(N2CCCOC2)n1. The third-order valence-corrected chi connectivity index (χ3v) is 5.93. The molecule has 1 aromatic carbocycles. The molecule has 5 rings (SSSR count). The first-order chi connectivity index (χ1) is 16.0. The maximum Gasteiger partial charge on any atom is 0.296 e. The highest BCUT2D eigenvalue weighted by Gasteiger charge is 2.27. The Hall–Kier alpha value is -2.64. The van der Waals surface area contributed by atoms with E-state index < -0.39 is 12.2 Å². The highest BCUT2D eigenvalue weighted by Crippen LogP contribution is 2.35. The van der Waals surface area contributed by atoms with E-state index in [4.69, 9.17) is 14.2 Å². The molecule has 0 atom stereocenters. The Labute approximate surface area is 196 Å². The molecule has 0 bridgehead atoms. The Kier molecular flexibility index (Phi) is 6.25. The van der Waals surface area contributed by atoms with E-state index in [0.717, 1.165) is 6.42 Å². The predicted octanol–water partition coefficient (Wildman–Crippen LogP) is 2.94. The van der Waals surface area contributed by atoms with Gasteiger partial charge in [-0.2, -0.15) is 15.0 Å². The molecule has 0 spiro atoms. The van der Waals surface area contributed by atoms with Crippen molar-refractivity contribution < 1.29 is 23.0 Å². The lowest BCUT2D eigenvalue weighted by Gasteiger charge is -2.30. The Morgan fingerprint density at radius 1 is 0.939 bits per heavy atom. The fourth-order valence-electron chi connectivity index (χ4n) is 3.89. The van der Waals surface area contributed by atoms with Crippen molar-refractivity contribution in [2.75, 3.05) is 63.1 Å². The number of rotatable bonds is 5. The minimum absolute atomic E-state index is 0.0602. The van der Waals surface area contributed by atoms with E-state index in [9.17, 15) is 8.78 Å². The van der Waals surface area contributed by atoms with Gasteiger partial charge in [0.05, 0.1) is 32.4 Å². The zero-order chi connectivity index (χ0) is 22.9. The molecule has 3 aromatic rings. The highest BCUT2D eigenvalue weighted by atomic mass is 79.9. The van der Waals surface area contributed by atoms with Crippen LogP contribution in [0.25, 0.3) is 17.0 Å². The molecular formula is C20H22BrF2N7O3. The molecular weight excluding hydrogens is 504 g/mol. The number of alkyl halides is 2. The molecule has 2 aliphatic rings. The van der Waals surface area contributed by atoms with Gasteiger partial charge in [0.1, 0.15) is 18.0 Å². The van der Waals surface area contributed by atoms with Gasteiger partial charge in [0.25, 0.3) is 6.43 Å². The van der Waals surface area contributed by atoms with E-state index in [0.29, 0.717) is 79.3 Å². The van der Waals surface area contributed by atoms with E-state index in [1.807, 2.05) is 9.80 Å². The predicted molar refractivity (Wildman–Crippen MR) is 119 cm³/mol. The van der Waals surface area contributed by atoms with Crippen LogP contribution in [0.3, 0.4) is 0 Å². The van der Waals surface area contributed by atoms with Gasteiger partial charge in [0, 0.05) is 24.1 Å². The first kappa shape index (κ1) is 22.2. The molecule has 2 aliphatic heterocycles. The Balaban J connectivity index is 1.72. The lowest BCUT2D eigenvalue weighted by molar-refractivity contribution is 0.106. The van der Waals surface area contributed by atoms with Crippen LogP contribution >= 0.6 is 15.9 Å². The first-order valence-corrected chi connectivity index (χ1v) is 11.3. The number of ether oxygens (including phenoxy) is 3. The average molecular weight is 526 g/mol. The van der Waals surface area contributed by atoms with Gasteiger partial charge in [0.2, 0.25) is 17.8 Å². The number of hydrogen-bond acceptors (Lipinski definition) is 9. The van der Waals surface area contributed by atoms with Crippen molar-refractivity contribution in [2.45, 2.75) is 12.8 Å². The van der Waals surface area contributed by atoms with Gasteiger partial charge in [0.15, 0.2) is 5.82 Å². The highest BCUT2D eigenvalue weighted by molar-refractivity contribution is 9.10. The first-order valence-electron chi connectivity index (χ1n) is 10.5. The van der Waals surface area contributed by atoms with Crippen molar-refractivity contribution in [1.29, 1.82) is 0 Å². The van der Waals surface area contributed by atoms with Crippen molar-refractivity contribution in [1.82, 2.24) is 24.5 Å². The van der Waals surface area contributed by atoms with Gasteiger partial charge in [-0.25, -0.2) is 13.8 Å². The van der Waals surface area contributed by atoms with Crippen LogP contribution in [0.4, 0.5) is 20.7 Å². The third kappa shape index (κ3) is 4.32. The second kappa shape index (κ2) is 9.31. The fourth-order valence-corrected chi connectivity index (χ4v) is 4.31. The van der Waals surface area contributed by atoms with Gasteiger partial charge in [-0.1, -0.05) is 15.9 Å². The largest absolute Gasteiger partial charge is 0.494 e. The molecule has 13 heteroatoms. The third-order valence-electron chi connectivity index (χ3n) is 5.47. The minimum Gasteiger partial charge on any atom is -0.494 e. The monoisotopic (exact) mass is 525 g/mol. The van der Waals surface area contributed by atoms with Crippen LogP contribution in [0, 0.1) is 0 Å². The lowest BCUT2D eigenvalue weighted by Crippen LogP contribution is -2.39. The van der Waals surface area contributed by atoms with Crippen molar-refractivity contribution in [2.24, 2.45) is 0 Å². The number of methoxy groups -OCH3 is 1. The molecule has 0 N–H and O–H groups in total. The zero-order valence-corrected chi connectivity index (χ0v) is 19.5. The summed E-state index contributed by atoms with van der Waals surface area (Å²) >= 11 is 3.42. The molecule has 2 saturated heterocycles. The second-order valence-electron chi connectivity index (χ2n) is 7.57. The summed E-state index contributed by atoms with van der Waals surface area (Å²) in [5, 5.41) is 0. The topological polar surface area (TPSA) is 90.7 Å². The van der Waals surface area contributed by atoms with E-state index in [1.54, 1.807) is 12.1 Å². The molecule has 176 valence electrons. The van der Waals surface area contributed by atoms with Gasteiger partial charge in [-0.3, -0.25) is 4.57 Å². The molecule has 0 saturated carbocycles. The van der Waals surface area contributed by atoms with E-state index >= 15 is 0 Å². The quantitative estimate of drug-likeness (QED) is 0.498. The standard InChI is InChI=1S/C20H22BrF2N7O3/c1-31-14-10-12(21)9-13-15(14)24-17(16(22)23)30(13)20-26-18(28-4-7-32-8-5-28)25-19(27-20)29-3-2-6-33-11-29/h9-10,16H,2-8,11H2,1H3. The van der Waals surface area contributed by atoms with E-state index in [1.165, 1.54) is 11.7 Å². The van der Waals surface area contributed by atoms with Crippen LogP contribution in [-0.4, -0.2) is 77.8 Å². The molecule has 0 aliphatic carbocycles. The lowest BCUT2D eigenvalue weighted by atomic mass is 10.3. The van der Waals surface area contributed by atoms with Gasteiger partial charge < -0.3 is 24.0 Å². The molecule has 2 fully saturated rings. The summed E-state index contributed by atoms with van der Waals surface area (Å²) in [7, 11) is 1.47. The molecule has 33 heavy (non-hydrogen) atoms. The summed E-state index contributed by atoms with van der Waals surface area (Å²) in [4.78, 5) is 21.8. The zero-order valence-electron chi connectivity index (χ0n) is 17.9. The minimum atomic E-state index is -2.86. The molecule has 0 unspecified atom stereocenters. The summed E-state index contributed by atoms with van der Waals surface area (Å²) in [6.07, 6.45) is -2.04. The van der Waals surface area contributed by atoms with Crippen molar-refractivity contribution in [3.63, 3.8) is 0 Å². The molecule has 2 aromatic heterocycles. The maximum atomic E-state index is 14.1. The second-order valence-corrected chi connectivity index (χ2v) is 8.49. The van der Waals surface area contributed by atoms with Crippen LogP contribution in [0.5, 0.6) is 5.75 Å². The number of halogens is 3. The van der Waals surface area contributed by atoms with Gasteiger partial charge in [-0.15, -0.1) is 0 Å². The molecule has 10 nitrogen and oxygen atoms in total. The summed E-state index contributed by atoms with van der Waals surface area (Å²) in [5.74, 6) is 0.719. The number of benzene rings is 1. The summed E-state index contributed by atoms with van der Waals surface area (Å²) in [6, 6.07) is 3.37. The Morgan fingerprint density at radius 2 is 1.67 bits per heavy atom. The molecule has 0 amide bonds. The smallest absolute Gasteiger partial charge is 0.296 e. The number of aromatic nitrogens is 5. The summed E-state index contributed by atoms with van der Waals surface area (Å²) < 4.78 is 46.6. The number of morpholine rings is 1. The van der Waals surface area contributed by atoms with Crippen molar-refractivity contribution in [3.05, 3.63) is 22.4 Å². The number of hydrogen-bond donors (Lipinski definition) is 0. The summed E-state index contributed by atoms with van der Waals surface area (Å²) in [5.41, 5.74) is 0.698. The number of anilines is 2. The van der Waals surface area contributed by atoms with Crippen molar-refractivity contribution >= 4 is 38.9 Å². The van der Waals surface area contributed by atoms with Gasteiger partial charge in [-0.05, 0) is 18.6 Å². The average Bonchev–Trinajstić information content (AvgIpc) is 3.24. The van der Waals surface area contributed by atoms with Crippen LogP contribution in [0.15, 0.2) is 16.6 Å². The van der Waals surface area contributed by atoms with E-state index in [-0.39, 0.29) is 5.95 Å². The van der Waals surface area contributed by atoms with Gasteiger partial charge >= 0.3 is 0 Å². The van der Waals surface area contributed by atoms with Crippen LogP contribution in [0.1, 0.15) is 18.7 Å². The van der Waals surface area contributed by atoms with E-state index in [2.05, 4.69) is 35.9 Å². The van der Waals surface area contributed by atoms with Crippen LogP contribution < -0.4 is 14.5 Å².